The number of nitrogens with zero attached hydrogens (tertiary/aromatic N) is 4. The van der Waals surface area contributed by atoms with Gasteiger partial charge in [0.25, 0.3) is 0 Å². The summed E-state index contributed by atoms with van der Waals surface area (Å²) in [6.07, 6.45) is 4.27. The number of hydrogen-bond acceptors (Lipinski definition) is 5. The second-order valence-electron chi connectivity index (χ2n) is 7.71. The summed E-state index contributed by atoms with van der Waals surface area (Å²) in [6, 6.07) is 10.7. The molecule has 0 N–H and O–H groups in total. The van der Waals surface area contributed by atoms with Crippen molar-refractivity contribution in [2.45, 2.75) is 24.8 Å². The fourth-order valence-electron chi connectivity index (χ4n) is 4.13. The van der Waals surface area contributed by atoms with Crippen molar-refractivity contribution >= 4 is 27.5 Å². The molecule has 0 saturated carbocycles. The Balaban J connectivity index is 1.33. The zero-order chi connectivity index (χ0) is 21.1. The van der Waals surface area contributed by atoms with E-state index in [1.807, 2.05) is 17.0 Å². The quantitative estimate of drug-likeness (QED) is 0.675. The number of hydrogen-bond donors (Lipinski definition) is 0. The summed E-state index contributed by atoms with van der Waals surface area (Å²) in [4.78, 5) is 21.0. The molecule has 0 bridgehead atoms. The Kier molecular flexibility index (Phi) is 6.38. The molecule has 0 aliphatic carbocycles. The second-order valence-corrected chi connectivity index (χ2v) is 10.1. The van der Waals surface area contributed by atoms with Crippen LogP contribution in [0.5, 0.6) is 0 Å². The highest BCUT2D eigenvalue weighted by molar-refractivity contribution is 7.88. The average molecular weight is 449 g/mol. The van der Waals surface area contributed by atoms with Gasteiger partial charge < -0.3 is 4.90 Å². The summed E-state index contributed by atoms with van der Waals surface area (Å²) in [5, 5.41) is 0.463. The summed E-state index contributed by atoms with van der Waals surface area (Å²) < 4.78 is 27.2. The molecular formula is C21H25ClN4O3S. The van der Waals surface area contributed by atoms with Crippen molar-refractivity contribution in [3.05, 3.63) is 64.9 Å². The number of carbonyl (C=O) groups excluding carboxylic acids is 1. The standard InChI is InChI=1S/C21H25ClN4O3S/c22-19-6-2-1-5-18(19)16-30(28,29)26-12-10-24(11-13-26)20-7-9-25(21(20)27)15-17-4-3-8-23-14-17/h1-6,8,14,20H,7,9-13,15-16H2. The molecule has 9 heteroatoms. The summed E-state index contributed by atoms with van der Waals surface area (Å²) in [7, 11) is -3.45. The van der Waals surface area contributed by atoms with Gasteiger partial charge in [-0.15, -0.1) is 0 Å². The fourth-order valence-corrected chi connectivity index (χ4v) is 5.96. The minimum Gasteiger partial charge on any atom is -0.337 e. The van der Waals surface area contributed by atoms with Gasteiger partial charge in [-0.1, -0.05) is 35.9 Å². The van der Waals surface area contributed by atoms with Gasteiger partial charge in [-0.3, -0.25) is 14.7 Å². The van der Waals surface area contributed by atoms with Gasteiger partial charge in [-0.2, -0.15) is 4.31 Å². The number of benzene rings is 1. The number of halogens is 1. The van der Waals surface area contributed by atoms with E-state index in [0.717, 1.165) is 12.0 Å². The summed E-state index contributed by atoms with van der Waals surface area (Å²) in [5.41, 5.74) is 1.63. The first kappa shape index (κ1) is 21.2. The molecule has 3 heterocycles. The van der Waals surface area contributed by atoms with Crippen molar-refractivity contribution in [1.82, 2.24) is 19.1 Å². The molecule has 0 radical (unpaired) electrons. The summed E-state index contributed by atoms with van der Waals surface area (Å²) in [5.74, 6) is 0.0136. The lowest BCUT2D eigenvalue weighted by molar-refractivity contribution is -0.133. The van der Waals surface area contributed by atoms with Gasteiger partial charge in [0.05, 0.1) is 11.8 Å². The van der Waals surface area contributed by atoms with E-state index in [2.05, 4.69) is 9.88 Å². The van der Waals surface area contributed by atoms with Gasteiger partial charge in [0.2, 0.25) is 15.9 Å². The first-order chi connectivity index (χ1) is 14.4. The molecule has 2 aromatic rings. The van der Waals surface area contributed by atoms with E-state index < -0.39 is 10.0 Å². The lowest BCUT2D eigenvalue weighted by Crippen LogP contribution is -2.53. The van der Waals surface area contributed by atoms with Crippen LogP contribution < -0.4 is 0 Å². The average Bonchev–Trinajstić information content (AvgIpc) is 3.11. The van der Waals surface area contributed by atoms with E-state index >= 15 is 0 Å². The first-order valence-corrected chi connectivity index (χ1v) is 12.1. The van der Waals surface area contributed by atoms with Crippen LogP contribution in [0.1, 0.15) is 17.5 Å². The molecule has 0 spiro atoms. The van der Waals surface area contributed by atoms with E-state index in [9.17, 15) is 13.2 Å². The molecule has 1 aromatic carbocycles. The van der Waals surface area contributed by atoms with E-state index in [1.165, 1.54) is 4.31 Å². The Morgan fingerprint density at radius 2 is 1.80 bits per heavy atom. The van der Waals surface area contributed by atoms with Crippen LogP contribution in [-0.4, -0.2) is 72.2 Å². The van der Waals surface area contributed by atoms with Crippen molar-refractivity contribution < 1.29 is 13.2 Å². The van der Waals surface area contributed by atoms with Gasteiger partial charge in [0.1, 0.15) is 0 Å². The lowest BCUT2D eigenvalue weighted by Gasteiger charge is -2.36. The highest BCUT2D eigenvalue weighted by Crippen LogP contribution is 2.24. The Labute approximate surface area is 182 Å². The number of rotatable bonds is 6. The lowest BCUT2D eigenvalue weighted by atomic mass is 10.2. The van der Waals surface area contributed by atoms with Crippen molar-refractivity contribution in [2.24, 2.45) is 0 Å². The highest BCUT2D eigenvalue weighted by Gasteiger charge is 2.38. The van der Waals surface area contributed by atoms with Gasteiger partial charge in [0, 0.05) is 56.7 Å². The third-order valence-corrected chi connectivity index (χ3v) is 7.97. The third kappa shape index (κ3) is 4.67. The topological polar surface area (TPSA) is 73.8 Å². The van der Waals surface area contributed by atoms with Gasteiger partial charge in [-0.25, -0.2) is 8.42 Å². The molecule has 30 heavy (non-hydrogen) atoms. The molecule has 2 aliphatic rings. The number of amides is 1. The van der Waals surface area contributed by atoms with Crippen LogP contribution in [-0.2, 0) is 27.1 Å². The Morgan fingerprint density at radius 3 is 2.50 bits per heavy atom. The number of aromatic nitrogens is 1. The second kappa shape index (κ2) is 9.01. The normalized spacial score (nSPS) is 21.3. The largest absolute Gasteiger partial charge is 0.337 e. The Morgan fingerprint density at radius 1 is 1.03 bits per heavy atom. The predicted octanol–water partition coefficient (Wildman–Crippen LogP) is 1.98. The van der Waals surface area contributed by atoms with Crippen LogP contribution in [0.4, 0.5) is 0 Å². The van der Waals surface area contributed by atoms with Crippen LogP contribution in [0.2, 0.25) is 5.02 Å². The molecule has 1 amide bonds. The van der Waals surface area contributed by atoms with Gasteiger partial charge >= 0.3 is 0 Å². The van der Waals surface area contributed by atoms with Crippen LogP contribution >= 0.6 is 11.6 Å². The first-order valence-electron chi connectivity index (χ1n) is 10.1. The van der Waals surface area contributed by atoms with Crippen molar-refractivity contribution in [2.75, 3.05) is 32.7 Å². The maximum absolute atomic E-state index is 12.9. The molecule has 2 fully saturated rings. The SMILES string of the molecule is O=C1C(N2CCN(S(=O)(=O)Cc3ccccc3Cl)CC2)CCN1Cc1cccnc1. The highest BCUT2D eigenvalue weighted by atomic mass is 35.5. The number of piperazine rings is 1. The Bertz CT molecular complexity index is 994. The van der Waals surface area contributed by atoms with Gasteiger partial charge in [0.15, 0.2) is 0 Å². The molecule has 1 aromatic heterocycles. The number of carbonyl (C=O) groups is 1. The zero-order valence-corrected chi connectivity index (χ0v) is 18.2. The van der Waals surface area contributed by atoms with E-state index in [0.29, 0.717) is 49.9 Å². The maximum Gasteiger partial charge on any atom is 0.240 e. The van der Waals surface area contributed by atoms with Crippen LogP contribution in [0.15, 0.2) is 48.8 Å². The smallest absolute Gasteiger partial charge is 0.240 e. The third-order valence-electron chi connectivity index (χ3n) is 5.77. The van der Waals surface area contributed by atoms with Crippen LogP contribution in [0, 0.1) is 0 Å². The van der Waals surface area contributed by atoms with Crippen molar-refractivity contribution in [3.63, 3.8) is 0 Å². The van der Waals surface area contributed by atoms with Crippen LogP contribution in [0.25, 0.3) is 0 Å². The summed E-state index contributed by atoms with van der Waals surface area (Å²) in [6.45, 7) is 3.16. The fraction of sp³-hybridized carbons (Fsp3) is 0.429. The monoisotopic (exact) mass is 448 g/mol. The van der Waals surface area contributed by atoms with Crippen molar-refractivity contribution in [1.29, 1.82) is 0 Å². The number of sulfonamides is 1. The minimum absolute atomic E-state index is 0.103. The minimum atomic E-state index is -3.45. The molecular weight excluding hydrogens is 424 g/mol. The van der Waals surface area contributed by atoms with E-state index in [4.69, 9.17) is 11.6 Å². The molecule has 1 atom stereocenters. The summed E-state index contributed by atoms with van der Waals surface area (Å²) >= 11 is 6.13. The van der Waals surface area contributed by atoms with Gasteiger partial charge in [-0.05, 0) is 29.7 Å². The molecule has 4 rings (SSSR count). The van der Waals surface area contributed by atoms with E-state index in [-0.39, 0.29) is 17.7 Å². The molecule has 1 unspecified atom stereocenters. The molecule has 7 nitrogen and oxygen atoms in total. The number of pyridine rings is 1. The molecule has 2 aliphatic heterocycles. The zero-order valence-electron chi connectivity index (χ0n) is 16.7. The molecule has 160 valence electrons. The Hall–Kier alpha value is -2.00. The predicted molar refractivity (Wildman–Crippen MR) is 115 cm³/mol. The van der Waals surface area contributed by atoms with Crippen molar-refractivity contribution in [3.8, 4) is 0 Å². The van der Waals surface area contributed by atoms with Crippen LogP contribution in [0.3, 0.4) is 0 Å². The maximum atomic E-state index is 12.9. The number of likely N-dealkylation sites (tertiary alicyclic amines) is 1. The molecule has 2 saturated heterocycles. The van der Waals surface area contributed by atoms with E-state index in [1.54, 1.807) is 36.7 Å².